The molecule has 2 aliphatic rings. The van der Waals surface area contributed by atoms with Crippen LogP contribution in [0.4, 0.5) is 35.3 Å². The average Bonchev–Trinajstić information content (AvgIpc) is 3.33. The molecule has 5 rings (SSSR count). The molecule has 1 aliphatic heterocycles. The molecule has 0 saturated carbocycles. The Morgan fingerprint density at radius 3 is 2.67 bits per heavy atom. The Kier molecular flexibility index (Phi) is 7.89. The molecule has 2 aromatic heterocycles. The van der Waals surface area contributed by atoms with Gasteiger partial charge in [-0.25, -0.2) is 14.8 Å². The van der Waals surface area contributed by atoms with E-state index in [1.165, 1.54) is 17.4 Å². The van der Waals surface area contributed by atoms with Crippen LogP contribution in [-0.4, -0.2) is 55.2 Å². The summed E-state index contributed by atoms with van der Waals surface area (Å²) in [6, 6.07) is 7.36. The van der Waals surface area contributed by atoms with E-state index < -0.39 is 18.2 Å². The fraction of sp³-hybridized carbons (Fsp3) is 0.346. The van der Waals surface area contributed by atoms with Crippen molar-refractivity contribution in [3.8, 4) is 0 Å². The number of rotatable bonds is 7. The molecule has 1 saturated heterocycles. The highest BCUT2D eigenvalue weighted by atomic mass is 32.1. The number of aromatic nitrogens is 2. The van der Waals surface area contributed by atoms with Crippen LogP contribution in [0.5, 0.6) is 0 Å². The van der Waals surface area contributed by atoms with E-state index >= 15 is 0 Å². The maximum absolute atomic E-state index is 13.2. The molecule has 3 heterocycles. The number of urea groups is 1. The smallest absolute Gasteiger partial charge is 0.404 e. The molecule has 2 amide bonds. The molecular weight excluding hydrogens is 533 g/mol. The van der Waals surface area contributed by atoms with Crippen LogP contribution in [0.3, 0.4) is 0 Å². The first kappa shape index (κ1) is 26.8. The van der Waals surface area contributed by atoms with E-state index in [2.05, 4.69) is 35.6 Å². The Balaban J connectivity index is 1.39. The number of carbonyl (C=O) groups excluding carboxylic acids is 1. The molecule has 0 atom stereocenters. The van der Waals surface area contributed by atoms with Crippen LogP contribution < -0.4 is 20.9 Å². The predicted molar refractivity (Wildman–Crippen MR) is 144 cm³/mol. The van der Waals surface area contributed by atoms with Gasteiger partial charge in [-0.3, -0.25) is 0 Å². The highest BCUT2D eigenvalue weighted by molar-refractivity contribution is 7.17. The second-order valence-corrected chi connectivity index (χ2v) is 9.78. The van der Waals surface area contributed by atoms with E-state index in [1.807, 2.05) is 29.6 Å². The molecule has 3 aromatic rings. The van der Waals surface area contributed by atoms with Crippen LogP contribution in [0.1, 0.15) is 25.3 Å². The van der Waals surface area contributed by atoms with Crippen molar-refractivity contribution in [2.24, 2.45) is 0 Å². The van der Waals surface area contributed by atoms with Crippen LogP contribution in [0, 0.1) is 0 Å². The topological polar surface area (TPSA) is 101 Å². The van der Waals surface area contributed by atoms with Crippen molar-refractivity contribution in [3.05, 3.63) is 58.9 Å². The summed E-state index contributed by atoms with van der Waals surface area (Å²) >= 11 is 1.40. The first-order valence-corrected chi connectivity index (χ1v) is 13.4. The molecule has 9 nitrogen and oxygen atoms in total. The number of allylic oxidation sites excluding steroid dienone is 3. The van der Waals surface area contributed by atoms with Gasteiger partial charge in [0.25, 0.3) is 0 Å². The highest BCUT2D eigenvalue weighted by Crippen LogP contribution is 2.38. The number of nitrogens with zero attached hydrogens (tertiary/aromatic N) is 3. The number of amides is 2. The van der Waals surface area contributed by atoms with Gasteiger partial charge in [-0.15, -0.1) is 24.5 Å². The van der Waals surface area contributed by atoms with Crippen molar-refractivity contribution >= 4 is 50.5 Å². The zero-order valence-corrected chi connectivity index (χ0v) is 21.9. The van der Waals surface area contributed by atoms with Crippen LogP contribution in [0.2, 0.25) is 0 Å². The lowest BCUT2D eigenvalue weighted by Crippen LogP contribution is -2.36. The van der Waals surface area contributed by atoms with Gasteiger partial charge in [0.1, 0.15) is 5.76 Å². The number of hydrogen-bond donors (Lipinski definition) is 3. The SMILES string of the molecule is CCNC(=O)NC1=C(OC(F)(F)F)C=C(c2csc3cnc(Nc4ccc(N5CCOCC5)cc4)nc23)CC1. The van der Waals surface area contributed by atoms with Gasteiger partial charge in [0.05, 0.1) is 35.3 Å². The van der Waals surface area contributed by atoms with Gasteiger partial charge >= 0.3 is 12.4 Å². The lowest BCUT2D eigenvalue weighted by molar-refractivity contribution is -0.304. The lowest BCUT2D eigenvalue weighted by atomic mass is 9.96. The van der Waals surface area contributed by atoms with Crippen LogP contribution in [0.15, 0.2) is 53.4 Å². The van der Waals surface area contributed by atoms with Gasteiger partial charge < -0.3 is 30.3 Å². The number of carbonyl (C=O) groups is 1. The summed E-state index contributed by atoms with van der Waals surface area (Å²) in [7, 11) is 0. The van der Waals surface area contributed by atoms with E-state index in [9.17, 15) is 18.0 Å². The molecule has 206 valence electrons. The van der Waals surface area contributed by atoms with Gasteiger partial charge in [0.2, 0.25) is 5.95 Å². The summed E-state index contributed by atoms with van der Waals surface area (Å²) in [5, 5.41) is 10.0. The summed E-state index contributed by atoms with van der Waals surface area (Å²) in [6.07, 6.45) is -1.34. The van der Waals surface area contributed by atoms with Crippen molar-refractivity contribution in [1.29, 1.82) is 0 Å². The molecule has 1 aliphatic carbocycles. The number of nitrogens with one attached hydrogen (secondary N) is 3. The molecule has 0 bridgehead atoms. The number of morpholine rings is 1. The third-order valence-corrected chi connectivity index (χ3v) is 7.14. The van der Waals surface area contributed by atoms with Gasteiger partial charge in [-0.1, -0.05) is 0 Å². The number of anilines is 3. The average molecular weight is 561 g/mol. The number of fused-ring (bicyclic) bond motifs is 1. The molecule has 0 unspecified atom stereocenters. The van der Waals surface area contributed by atoms with Gasteiger partial charge in [0.15, 0.2) is 0 Å². The number of ether oxygens (including phenoxy) is 2. The Hall–Kier alpha value is -3.84. The van der Waals surface area contributed by atoms with Crippen molar-refractivity contribution < 1.29 is 27.4 Å². The standard InChI is InChI=1S/C26H27F3N6O3S/c1-2-30-25(36)33-20-8-3-16(13-21(20)38-26(27,28)29)19-15-39-22-14-31-24(34-23(19)22)32-17-4-6-18(7-5-17)35-9-11-37-12-10-35/h4-7,13-15H,2-3,8-12H2,1H3,(H2,30,33,36)(H,31,32,34). The summed E-state index contributed by atoms with van der Waals surface area (Å²) < 4.78 is 50.0. The van der Waals surface area contributed by atoms with Gasteiger partial charge in [0, 0.05) is 42.0 Å². The van der Waals surface area contributed by atoms with Gasteiger partial charge in [-0.05, 0) is 55.7 Å². The summed E-state index contributed by atoms with van der Waals surface area (Å²) in [4.78, 5) is 23.3. The number of halogens is 3. The quantitative estimate of drug-likeness (QED) is 0.350. The molecule has 1 aromatic carbocycles. The fourth-order valence-corrected chi connectivity index (χ4v) is 5.31. The zero-order chi connectivity index (χ0) is 27.4. The Labute approximate surface area is 226 Å². The minimum Gasteiger partial charge on any atom is -0.404 e. The Morgan fingerprint density at radius 2 is 1.95 bits per heavy atom. The minimum absolute atomic E-state index is 0.0686. The van der Waals surface area contributed by atoms with Crippen LogP contribution in [-0.2, 0) is 9.47 Å². The number of hydrogen-bond acceptors (Lipinski definition) is 8. The van der Waals surface area contributed by atoms with Crippen LogP contribution >= 0.6 is 11.3 Å². The zero-order valence-electron chi connectivity index (χ0n) is 21.1. The molecule has 1 fully saturated rings. The molecule has 0 spiro atoms. The predicted octanol–water partition coefficient (Wildman–Crippen LogP) is 5.52. The first-order chi connectivity index (χ1) is 18.8. The molecule has 13 heteroatoms. The maximum Gasteiger partial charge on any atom is 0.573 e. The first-order valence-electron chi connectivity index (χ1n) is 12.5. The maximum atomic E-state index is 13.2. The van der Waals surface area contributed by atoms with E-state index in [4.69, 9.17) is 4.74 Å². The highest BCUT2D eigenvalue weighted by Gasteiger charge is 2.34. The van der Waals surface area contributed by atoms with Crippen molar-refractivity contribution in [3.63, 3.8) is 0 Å². The summed E-state index contributed by atoms with van der Waals surface area (Å²) in [6.45, 7) is 5.16. The van der Waals surface area contributed by atoms with Crippen molar-refractivity contribution in [1.82, 2.24) is 20.6 Å². The molecular formula is C26H27F3N6O3S. The van der Waals surface area contributed by atoms with Crippen molar-refractivity contribution in [2.45, 2.75) is 26.1 Å². The Morgan fingerprint density at radius 1 is 1.18 bits per heavy atom. The third kappa shape index (κ3) is 6.60. The molecule has 0 radical (unpaired) electrons. The van der Waals surface area contributed by atoms with E-state index in [0.717, 1.165) is 29.2 Å². The Bertz CT molecular complexity index is 1400. The van der Waals surface area contributed by atoms with E-state index in [0.29, 0.717) is 48.8 Å². The minimum atomic E-state index is -4.91. The number of alkyl halides is 3. The molecule has 3 N–H and O–H groups in total. The number of benzene rings is 1. The van der Waals surface area contributed by atoms with Gasteiger partial charge in [-0.2, -0.15) is 0 Å². The monoisotopic (exact) mass is 560 g/mol. The number of thiophene rings is 1. The van der Waals surface area contributed by atoms with Crippen molar-refractivity contribution in [2.75, 3.05) is 43.1 Å². The summed E-state index contributed by atoms with van der Waals surface area (Å²) in [5.41, 5.74) is 3.93. The summed E-state index contributed by atoms with van der Waals surface area (Å²) in [5.74, 6) is -0.0688. The largest absolute Gasteiger partial charge is 0.573 e. The van der Waals surface area contributed by atoms with E-state index in [-0.39, 0.29) is 12.1 Å². The second kappa shape index (κ2) is 11.5. The third-order valence-electron chi connectivity index (χ3n) is 6.23. The molecule has 39 heavy (non-hydrogen) atoms. The lowest BCUT2D eigenvalue weighted by Gasteiger charge is -2.28. The van der Waals surface area contributed by atoms with E-state index in [1.54, 1.807) is 13.1 Å². The second-order valence-electron chi connectivity index (χ2n) is 8.87. The fourth-order valence-electron chi connectivity index (χ4n) is 4.42. The van der Waals surface area contributed by atoms with Crippen LogP contribution in [0.25, 0.3) is 15.8 Å². The normalized spacial score (nSPS) is 16.2.